The third-order valence-electron chi connectivity index (χ3n) is 5.85. The van der Waals surface area contributed by atoms with Crippen LogP contribution in [0.3, 0.4) is 0 Å². The molecule has 3 aromatic rings. The van der Waals surface area contributed by atoms with Crippen LogP contribution in [0, 0.1) is 0 Å². The largest absolute Gasteiger partial charge is 0.289 e. The van der Waals surface area contributed by atoms with E-state index in [1.165, 1.54) is 27.3 Å². The molecule has 0 spiro atoms. The maximum absolute atomic E-state index is 13.1. The van der Waals surface area contributed by atoms with Gasteiger partial charge >= 0.3 is 0 Å². The van der Waals surface area contributed by atoms with Crippen molar-refractivity contribution in [1.82, 2.24) is 9.29 Å². The van der Waals surface area contributed by atoms with Gasteiger partial charge in [0.1, 0.15) is 6.04 Å². The first kappa shape index (κ1) is 20.3. The normalized spacial score (nSPS) is 18.2. The molecule has 1 atom stereocenters. The van der Waals surface area contributed by atoms with Crippen molar-refractivity contribution in [3.8, 4) is 0 Å². The molecule has 0 saturated heterocycles. The number of carbonyl (C=O) groups excluding carboxylic acids is 1. The van der Waals surface area contributed by atoms with Gasteiger partial charge in [-0.3, -0.25) is 18.9 Å². The zero-order valence-electron chi connectivity index (χ0n) is 17.0. The summed E-state index contributed by atoms with van der Waals surface area (Å²) in [5.74, 6) is 0.0871. The van der Waals surface area contributed by atoms with E-state index in [4.69, 9.17) is 0 Å². The number of carbonyl (C=O) groups is 1. The van der Waals surface area contributed by atoms with Crippen LogP contribution in [0.25, 0.3) is 10.8 Å². The van der Waals surface area contributed by atoms with Crippen molar-refractivity contribution >= 4 is 38.5 Å². The zero-order valence-corrected chi connectivity index (χ0v) is 18.6. The first-order valence-corrected chi connectivity index (χ1v) is 13.1. The Kier molecular flexibility index (Phi) is 4.94. The fraction of sp³-hybridized carbons (Fsp3) is 0.304. The number of fused-ring (bicyclic) bond motifs is 2. The lowest BCUT2D eigenvalue weighted by atomic mass is 9.95. The highest BCUT2D eigenvalue weighted by atomic mass is 32.2. The van der Waals surface area contributed by atoms with Crippen LogP contribution in [0.1, 0.15) is 41.5 Å². The lowest BCUT2D eigenvalue weighted by Gasteiger charge is -2.18. The first-order valence-electron chi connectivity index (χ1n) is 10.2. The second-order valence-corrected chi connectivity index (χ2v) is 11.0. The van der Waals surface area contributed by atoms with E-state index in [2.05, 4.69) is 24.3 Å². The number of pyridine rings is 1. The van der Waals surface area contributed by atoms with Gasteiger partial charge in [0, 0.05) is 11.8 Å². The molecule has 2 heterocycles. The molecule has 1 aliphatic carbocycles. The molecule has 31 heavy (non-hydrogen) atoms. The van der Waals surface area contributed by atoms with Gasteiger partial charge in [-0.25, -0.2) is 8.42 Å². The summed E-state index contributed by atoms with van der Waals surface area (Å²) in [6.07, 6.45) is 3.72. The topological polar surface area (TPSA) is 85.2 Å². The van der Waals surface area contributed by atoms with Crippen molar-refractivity contribution < 1.29 is 13.2 Å². The minimum Gasteiger partial charge on any atom is -0.289 e. The summed E-state index contributed by atoms with van der Waals surface area (Å²) < 4.78 is 26.6. The van der Waals surface area contributed by atoms with E-state index in [1.54, 1.807) is 6.07 Å². The van der Waals surface area contributed by atoms with Crippen molar-refractivity contribution in [3.63, 3.8) is 0 Å². The Morgan fingerprint density at radius 2 is 1.87 bits per heavy atom. The Morgan fingerprint density at radius 3 is 2.61 bits per heavy atom. The van der Waals surface area contributed by atoms with Crippen LogP contribution in [0.15, 0.2) is 58.4 Å². The van der Waals surface area contributed by atoms with Gasteiger partial charge in [-0.05, 0) is 52.6 Å². The van der Waals surface area contributed by atoms with Gasteiger partial charge in [0.15, 0.2) is 0 Å². The van der Waals surface area contributed by atoms with E-state index < -0.39 is 22.0 Å². The molecular formula is C23H22N2O4S2. The second kappa shape index (κ2) is 7.53. The Bertz CT molecular complexity index is 1370. The van der Waals surface area contributed by atoms with Crippen molar-refractivity contribution in [3.05, 3.63) is 75.6 Å². The molecule has 6 nitrogen and oxygen atoms in total. The smallest absolute Gasteiger partial charge is 0.257 e. The average Bonchev–Trinajstić information content (AvgIpc) is 3.44. The molecule has 0 unspecified atom stereocenters. The van der Waals surface area contributed by atoms with Gasteiger partial charge in [0.25, 0.3) is 11.5 Å². The van der Waals surface area contributed by atoms with Gasteiger partial charge in [-0.15, -0.1) is 11.8 Å². The lowest BCUT2D eigenvalue weighted by molar-refractivity contribution is -0.122. The lowest BCUT2D eigenvalue weighted by Crippen LogP contribution is -2.39. The molecular weight excluding hydrogens is 432 g/mol. The van der Waals surface area contributed by atoms with Crippen LogP contribution < -0.4 is 10.3 Å². The summed E-state index contributed by atoms with van der Waals surface area (Å²) in [7, 11) is -3.68. The number of sulfonamides is 1. The molecule has 1 amide bonds. The molecule has 1 N–H and O–H groups in total. The molecule has 1 saturated carbocycles. The van der Waals surface area contributed by atoms with Crippen LogP contribution in [-0.4, -0.2) is 30.9 Å². The minimum atomic E-state index is -3.68. The molecule has 1 aromatic heterocycles. The Labute approximate surface area is 184 Å². The maximum atomic E-state index is 13.1. The summed E-state index contributed by atoms with van der Waals surface area (Å²) in [5.41, 5.74) is 3.06. The maximum Gasteiger partial charge on any atom is 0.257 e. The summed E-state index contributed by atoms with van der Waals surface area (Å²) in [4.78, 5) is 25.6. The number of nitrogens with zero attached hydrogens (tertiary/aromatic N) is 1. The summed E-state index contributed by atoms with van der Waals surface area (Å²) in [6, 6.07) is 15.3. The first-order chi connectivity index (χ1) is 14.8. The minimum absolute atomic E-state index is 0.256. The van der Waals surface area contributed by atoms with Crippen molar-refractivity contribution in [2.45, 2.75) is 36.2 Å². The Morgan fingerprint density at radius 1 is 1.13 bits per heavy atom. The quantitative estimate of drug-likeness (QED) is 0.640. The highest BCUT2D eigenvalue weighted by Gasteiger charge is 2.38. The third kappa shape index (κ3) is 3.90. The molecule has 1 aliphatic heterocycles. The number of nitrogens with one attached hydrogen (secondary N) is 1. The predicted octanol–water partition coefficient (Wildman–Crippen LogP) is 3.19. The molecule has 2 aliphatic rings. The number of amides is 1. The van der Waals surface area contributed by atoms with Crippen LogP contribution >= 0.6 is 11.8 Å². The number of thioether (sulfide) groups is 1. The molecule has 8 heteroatoms. The SMILES string of the molecule is CS(=O)(=O)NC(=O)[C@@H]1CSc2c(C3CC3)c(Cc3cccc4ccccc34)cc(=O)n21. The fourth-order valence-electron chi connectivity index (χ4n) is 4.39. The predicted molar refractivity (Wildman–Crippen MR) is 122 cm³/mol. The van der Waals surface area contributed by atoms with Crippen molar-refractivity contribution in [2.24, 2.45) is 0 Å². The van der Waals surface area contributed by atoms with Crippen LogP contribution in [0.5, 0.6) is 0 Å². The van der Waals surface area contributed by atoms with E-state index in [1.807, 2.05) is 22.9 Å². The number of benzene rings is 2. The van der Waals surface area contributed by atoms with Crippen LogP contribution in [0.2, 0.25) is 0 Å². The Balaban J connectivity index is 1.59. The van der Waals surface area contributed by atoms with Crippen LogP contribution in [0.4, 0.5) is 0 Å². The number of hydrogen-bond donors (Lipinski definition) is 1. The monoisotopic (exact) mass is 454 g/mol. The number of aromatic nitrogens is 1. The highest BCUT2D eigenvalue weighted by Crippen LogP contribution is 2.48. The zero-order chi connectivity index (χ0) is 21.8. The van der Waals surface area contributed by atoms with Gasteiger partial charge < -0.3 is 0 Å². The Hall–Kier alpha value is -2.58. The van der Waals surface area contributed by atoms with Crippen molar-refractivity contribution in [2.75, 3.05) is 12.0 Å². The summed E-state index contributed by atoms with van der Waals surface area (Å²) in [5, 5.41) is 3.15. The molecule has 0 bridgehead atoms. The molecule has 2 aromatic carbocycles. The van der Waals surface area contributed by atoms with E-state index in [-0.39, 0.29) is 5.56 Å². The standard InChI is InChI=1S/C23H22N2O4S2/c1-31(28,29)24-22(27)19-13-30-23-21(15-9-10-15)17(12-20(26)25(19)23)11-16-7-4-6-14-5-2-3-8-18(14)16/h2-8,12,15,19H,9-11,13H2,1H3,(H,24,27)/t19-/m0/s1. The molecule has 5 rings (SSSR count). The van der Waals surface area contributed by atoms with Gasteiger partial charge in [0.05, 0.1) is 11.3 Å². The van der Waals surface area contributed by atoms with E-state index in [0.717, 1.165) is 40.6 Å². The number of hydrogen-bond acceptors (Lipinski definition) is 5. The van der Waals surface area contributed by atoms with Gasteiger partial charge in [-0.1, -0.05) is 42.5 Å². The molecule has 0 radical (unpaired) electrons. The van der Waals surface area contributed by atoms with Gasteiger partial charge in [-0.2, -0.15) is 0 Å². The van der Waals surface area contributed by atoms with Crippen molar-refractivity contribution in [1.29, 1.82) is 0 Å². The second-order valence-electron chi connectivity index (χ2n) is 8.25. The van der Waals surface area contributed by atoms with E-state index in [9.17, 15) is 18.0 Å². The highest BCUT2D eigenvalue weighted by molar-refractivity contribution is 7.99. The van der Waals surface area contributed by atoms with E-state index >= 15 is 0 Å². The average molecular weight is 455 g/mol. The molecule has 1 fully saturated rings. The summed E-state index contributed by atoms with van der Waals surface area (Å²) in [6.45, 7) is 0. The molecule has 160 valence electrons. The van der Waals surface area contributed by atoms with Crippen LogP contribution in [-0.2, 0) is 21.2 Å². The van der Waals surface area contributed by atoms with Gasteiger partial charge in [0.2, 0.25) is 10.0 Å². The third-order valence-corrected chi connectivity index (χ3v) is 7.60. The summed E-state index contributed by atoms with van der Waals surface area (Å²) >= 11 is 1.48. The number of rotatable bonds is 5. The van der Waals surface area contributed by atoms with E-state index in [0.29, 0.717) is 18.1 Å². The fourth-order valence-corrected chi connectivity index (χ4v) is 6.32.